The number of rotatable bonds is 3. The first-order valence-electron chi connectivity index (χ1n) is 5.13. The van der Waals surface area contributed by atoms with E-state index in [0.717, 1.165) is 12.8 Å². The summed E-state index contributed by atoms with van der Waals surface area (Å²) in [5.41, 5.74) is 0. The van der Waals surface area contributed by atoms with Crippen molar-refractivity contribution >= 4 is 0 Å². The third-order valence-corrected chi connectivity index (χ3v) is 2.08. The lowest BCUT2D eigenvalue weighted by atomic mass is 10.1. The van der Waals surface area contributed by atoms with Crippen LogP contribution in [-0.2, 0) is 4.74 Å². The average Bonchev–Trinajstić information content (AvgIpc) is 2.57. The first-order chi connectivity index (χ1) is 5.86. The highest BCUT2D eigenvalue weighted by Gasteiger charge is 2.21. The van der Waals surface area contributed by atoms with E-state index in [4.69, 9.17) is 4.74 Å². The van der Waals surface area contributed by atoms with Gasteiger partial charge in [-0.05, 0) is 25.7 Å². The molecule has 0 bridgehead atoms. The highest BCUT2D eigenvalue weighted by atomic mass is 16.5. The van der Waals surface area contributed by atoms with E-state index in [1.165, 1.54) is 12.8 Å². The summed E-state index contributed by atoms with van der Waals surface area (Å²) in [5.74, 6) is 0. The molecule has 1 rings (SSSR count). The van der Waals surface area contributed by atoms with Crippen LogP contribution in [0.5, 0.6) is 0 Å². The Hall–Kier alpha value is -0.300. The lowest BCUT2D eigenvalue weighted by molar-refractivity contribution is 0.0453. The molecule has 0 aromatic carbocycles. The van der Waals surface area contributed by atoms with Gasteiger partial charge >= 0.3 is 0 Å². The number of hydrogen-bond donors (Lipinski definition) is 0. The zero-order valence-electron chi connectivity index (χ0n) is 8.68. The van der Waals surface area contributed by atoms with E-state index >= 15 is 0 Å². The molecule has 1 aliphatic rings. The lowest BCUT2D eigenvalue weighted by Gasteiger charge is -2.09. The summed E-state index contributed by atoms with van der Waals surface area (Å²) in [6.45, 7) is 9.88. The van der Waals surface area contributed by atoms with Crippen LogP contribution in [0, 0.1) is 0 Å². The quantitative estimate of drug-likeness (QED) is 0.589. The van der Waals surface area contributed by atoms with Crippen molar-refractivity contribution in [1.82, 2.24) is 0 Å². The van der Waals surface area contributed by atoms with Crippen LogP contribution in [0.1, 0.15) is 46.5 Å². The molecule has 0 aliphatic carbocycles. The summed E-state index contributed by atoms with van der Waals surface area (Å²) >= 11 is 0. The number of hydrogen-bond acceptors (Lipinski definition) is 1. The van der Waals surface area contributed by atoms with Crippen LogP contribution < -0.4 is 0 Å². The SMILES string of the molecule is C=CCC1CCC(CC)O1.CC. The van der Waals surface area contributed by atoms with Crippen LogP contribution in [0.15, 0.2) is 12.7 Å². The van der Waals surface area contributed by atoms with Gasteiger partial charge in [0.2, 0.25) is 0 Å². The molecular weight excluding hydrogens is 148 g/mol. The third-order valence-electron chi connectivity index (χ3n) is 2.08. The number of ether oxygens (including phenoxy) is 1. The second kappa shape index (κ2) is 7.35. The van der Waals surface area contributed by atoms with Crippen molar-refractivity contribution in [3.8, 4) is 0 Å². The fourth-order valence-electron chi connectivity index (χ4n) is 1.44. The van der Waals surface area contributed by atoms with Crippen LogP contribution >= 0.6 is 0 Å². The first kappa shape index (κ1) is 11.7. The molecule has 1 heterocycles. The molecule has 1 saturated heterocycles. The normalized spacial score (nSPS) is 27.6. The van der Waals surface area contributed by atoms with E-state index in [-0.39, 0.29) is 0 Å². The predicted molar refractivity (Wildman–Crippen MR) is 54.3 cm³/mol. The predicted octanol–water partition coefficient (Wildman–Crippen LogP) is 3.55. The van der Waals surface area contributed by atoms with E-state index in [1.54, 1.807) is 0 Å². The second-order valence-electron chi connectivity index (χ2n) is 2.89. The van der Waals surface area contributed by atoms with Crippen LogP contribution in [0.4, 0.5) is 0 Å². The summed E-state index contributed by atoms with van der Waals surface area (Å²) in [7, 11) is 0. The summed E-state index contributed by atoms with van der Waals surface area (Å²) in [5, 5.41) is 0. The molecule has 1 fully saturated rings. The topological polar surface area (TPSA) is 9.23 Å². The van der Waals surface area contributed by atoms with Gasteiger partial charge in [0, 0.05) is 0 Å². The Kier molecular flexibility index (Phi) is 7.17. The van der Waals surface area contributed by atoms with Crippen LogP contribution in [0.25, 0.3) is 0 Å². The summed E-state index contributed by atoms with van der Waals surface area (Å²) in [6, 6.07) is 0. The minimum Gasteiger partial charge on any atom is -0.375 e. The molecule has 72 valence electrons. The average molecular weight is 170 g/mol. The Morgan fingerprint density at radius 1 is 1.33 bits per heavy atom. The molecule has 0 aromatic rings. The largest absolute Gasteiger partial charge is 0.375 e. The molecule has 2 atom stereocenters. The van der Waals surface area contributed by atoms with Crippen molar-refractivity contribution in [2.75, 3.05) is 0 Å². The fourth-order valence-corrected chi connectivity index (χ4v) is 1.44. The molecule has 1 heteroatoms. The highest BCUT2D eigenvalue weighted by molar-refractivity contribution is 4.79. The summed E-state index contributed by atoms with van der Waals surface area (Å²) < 4.78 is 5.68. The maximum absolute atomic E-state index is 5.68. The molecule has 0 amide bonds. The molecule has 0 radical (unpaired) electrons. The Morgan fingerprint density at radius 3 is 2.33 bits per heavy atom. The van der Waals surface area contributed by atoms with Gasteiger partial charge in [0.15, 0.2) is 0 Å². The Bertz CT molecular complexity index is 110. The van der Waals surface area contributed by atoms with Gasteiger partial charge in [-0.2, -0.15) is 0 Å². The summed E-state index contributed by atoms with van der Waals surface area (Å²) in [4.78, 5) is 0. The van der Waals surface area contributed by atoms with Crippen LogP contribution in [-0.4, -0.2) is 12.2 Å². The van der Waals surface area contributed by atoms with E-state index in [2.05, 4.69) is 13.5 Å². The minimum absolute atomic E-state index is 0.474. The lowest BCUT2D eigenvalue weighted by Crippen LogP contribution is -2.08. The molecule has 1 aliphatic heterocycles. The van der Waals surface area contributed by atoms with Gasteiger partial charge in [0.1, 0.15) is 0 Å². The first-order valence-corrected chi connectivity index (χ1v) is 5.13. The standard InChI is InChI=1S/C9H16O.C2H6/c1-3-5-9-7-6-8(4-2)10-9;1-2/h3,8-9H,1,4-7H2,2H3;1-2H3. The smallest absolute Gasteiger partial charge is 0.0614 e. The minimum atomic E-state index is 0.474. The Morgan fingerprint density at radius 2 is 1.92 bits per heavy atom. The van der Waals surface area contributed by atoms with Gasteiger partial charge in [-0.15, -0.1) is 6.58 Å². The third kappa shape index (κ3) is 3.91. The molecule has 0 saturated carbocycles. The molecule has 0 N–H and O–H groups in total. The highest BCUT2D eigenvalue weighted by Crippen LogP contribution is 2.23. The maximum atomic E-state index is 5.68. The maximum Gasteiger partial charge on any atom is 0.0614 e. The van der Waals surface area contributed by atoms with Crippen molar-refractivity contribution < 1.29 is 4.74 Å². The molecule has 12 heavy (non-hydrogen) atoms. The zero-order valence-corrected chi connectivity index (χ0v) is 8.68. The van der Waals surface area contributed by atoms with E-state index < -0.39 is 0 Å². The van der Waals surface area contributed by atoms with E-state index in [0.29, 0.717) is 12.2 Å². The monoisotopic (exact) mass is 170 g/mol. The second-order valence-corrected chi connectivity index (χ2v) is 2.89. The molecular formula is C11H22O. The van der Waals surface area contributed by atoms with Gasteiger partial charge in [-0.1, -0.05) is 26.8 Å². The molecule has 0 aromatic heterocycles. The Balaban J connectivity index is 0.000000561. The van der Waals surface area contributed by atoms with Crippen molar-refractivity contribution in [3.05, 3.63) is 12.7 Å². The van der Waals surface area contributed by atoms with Crippen molar-refractivity contribution in [3.63, 3.8) is 0 Å². The van der Waals surface area contributed by atoms with E-state index in [1.807, 2.05) is 19.9 Å². The van der Waals surface area contributed by atoms with Gasteiger partial charge in [0.25, 0.3) is 0 Å². The molecule has 0 spiro atoms. The van der Waals surface area contributed by atoms with Gasteiger partial charge in [-0.25, -0.2) is 0 Å². The fraction of sp³-hybridized carbons (Fsp3) is 0.818. The van der Waals surface area contributed by atoms with E-state index in [9.17, 15) is 0 Å². The van der Waals surface area contributed by atoms with Gasteiger partial charge in [-0.3, -0.25) is 0 Å². The van der Waals surface area contributed by atoms with Crippen molar-refractivity contribution in [1.29, 1.82) is 0 Å². The summed E-state index contributed by atoms with van der Waals surface area (Å²) in [6.07, 6.45) is 7.61. The molecule has 1 nitrogen and oxygen atoms in total. The molecule has 2 unspecified atom stereocenters. The van der Waals surface area contributed by atoms with Gasteiger partial charge < -0.3 is 4.74 Å². The van der Waals surface area contributed by atoms with Crippen LogP contribution in [0.2, 0.25) is 0 Å². The van der Waals surface area contributed by atoms with Crippen molar-refractivity contribution in [2.24, 2.45) is 0 Å². The Labute approximate surface area is 76.8 Å². The van der Waals surface area contributed by atoms with Crippen molar-refractivity contribution in [2.45, 2.75) is 58.7 Å². The van der Waals surface area contributed by atoms with Gasteiger partial charge in [0.05, 0.1) is 12.2 Å². The van der Waals surface area contributed by atoms with Crippen LogP contribution in [0.3, 0.4) is 0 Å². The zero-order chi connectivity index (χ0) is 9.40.